The summed E-state index contributed by atoms with van der Waals surface area (Å²) in [7, 11) is 0. The van der Waals surface area contributed by atoms with Gasteiger partial charge in [0, 0.05) is 16.7 Å². The number of amides is 1. The predicted octanol–water partition coefficient (Wildman–Crippen LogP) is 4.09. The van der Waals surface area contributed by atoms with Crippen LogP contribution in [0, 0.1) is 0 Å². The van der Waals surface area contributed by atoms with Crippen LogP contribution >= 0.6 is 35.6 Å². The number of hydrogen-bond acceptors (Lipinski definition) is 4. The Kier molecular flexibility index (Phi) is 3.65. The van der Waals surface area contributed by atoms with E-state index in [4.69, 9.17) is 28.2 Å². The number of nitrogens with one attached hydrogen (secondary N) is 1. The van der Waals surface area contributed by atoms with Gasteiger partial charge in [0.25, 0.3) is 5.91 Å². The number of thiocarbonyl (C=S) groups is 1. The lowest BCUT2D eigenvalue weighted by atomic mass is 10.2. The Hall–Kier alpha value is -1.56. The second-order valence-corrected chi connectivity index (χ2v) is 6.22. The summed E-state index contributed by atoms with van der Waals surface area (Å²) < 4.78 is 6.16. The molecular weight excluding hydrogens is 314 g/mol. The predicted molar refractivity (Wildman–Crippen MR) is 85.5 cm³/mol. The second-order valence-electron chi connectivity index (χ2n) is 4.06. The molecule has 1 amide bonds. The van der Waals surface area contributed by atoms with E-state index in [1.807, 2.05) is 24.3 Å². The van der Waals surface area contributed by atoms with Gasteiger partial charge < -0.3 is 9.73 Å². The lowest BCUT2D eigenvalue weighted by Gasteiger charge is -1.97. The summed E-state index contributed by atoms with van der Waals surface area (Å²) in [5, 5.41) is 3.21. The summed E-state index contributed by atoms with van der Waals surface area (Å²) in [5.74, 6) is 1.10. The van der Waals surface area contributed by atoms with Gasteiger partial charge in [-0.15, -0.1) is 0 Å². The molecule has 2 heterocycles. The highest BCUT2D eigenvalue weighted by Gasteiger charge is 2.22. The molecule has 1 saturated heterocycles. The molecule has 0 saturated carbocycles. The van der Waals surface area contributed by atoms with Crippen molar-refractivity contribution in [1.29, 1.82) is 0 Å². The van der Waals surface area contributed by atoms with E-state index in [0.717, 1.165) is 5.56 Å². The minimum Gasteiger partial charge on any atom is -0.457 e. The average molecular weight is 322 g/mol. The Morgan fingerprint density at radius 3 is 2.85 bits per heavy atom. The van der Waals surface area contributed by atoms with Crippen LogP contribution in [0.3, 0.4) is 0 Å². The highest BCUT2D eigenvalue weighted by Crippen LogP contribution is 2.29. The first kappa shape index (κ1) is 13.4. The van der Waals surface area contributed by atoms with Gasteiger partial charge in [0.2, 0.25) is 0 Å². The molecule has 0 radical (unpaired) electrons. The van der Waals surface area contributed by atoms with Crippen LogP contribution in [0.5, 0.6) is 0 Å². The van der Waals surface area contributed by atoms with E-state index in [9.17, 15) is 4.79 Å². The maximum absolute atomic E-state index is 11.6. The van der Waals surface area contributed by atoms with Crippen molar-refractivity contribution in [2.45, 2.75) is 0 Å². The lowest BCUT2D eigenvalue weighted by molar-refractivity contribution is -0.115. The zero-order chi connectivity index (χ0) is 14.1. The Labute approximate surface area is 130 Å². The normalized spacial score (nSPS) is 16.8. The first-order valence-corrected chi connectivity index (χ1v) is 7.33. The quantitative estimate of drug-likeness (QED) is 0.668. The molecule has 0 bridgehead atoms. The molecule has 6 heteroatoms. The monoisotopic (exact) mass is 321 g/mol. The summed E-state index contributed by atoms with van der Waals surface area (Å²) in [5.41, 5.74) is 0.890. The van der Waals surface area contributed by atoms with Gasteiger partial charge in [0.1, 0.15) is 15.8 Å². The van der Waals surface area contributed by atoms with Gasteiger partial charge >= 0.3 is 0 Å². The van der Waals surface area contributed by atoms with Crippen molar-refractivity contribution in [2.24, 2.45) is 0 Å². The third-order valence-corrected chi connectivity index (χ3v) is 4.05. The number of carbonyl (C=O) groups is 1. The van der Waals surface area contributed by atoms with Crippen molar-refractivity contribution in [3.8, 4) is 11.3 Å². The molecule has 1 aliphatic rings. The van der Waals surface area contributed by atoms with E-state index >= 15 is 0 Å². The third-order valence-electron chi connectivity index (χ3n) is 2.65. The zero-order valence-corrected chi connectivity index (χ0v) is 12.4. The van der Waals surface area contributed by atoms with E-state index in [0.29, 0.717) is 25.8 Å². The van der Waals surface area contributed by atoms with Crippen LogP contribution in [0.1, 0.15) is 5.76 Å². The minimum atomic E-state index is -0.194. The number of furan rings is 1. The molecule has 3 rings (SSSR count). The van der Waals surface area contributed by atoms with Crippen LogP contribution in [0.2, 0.25) is 5.02 Å². The fourth-order valence-corrected chi connectivity index (χ4v) is 2.99. The van der Waals surface area contributed by atoms with Crippen molar-refractivity contribution in [3.05, 3.63) is 52.1 Å². The molecule has 2 aromatic rings. The van der Waals surface area contributed by atoms with Gasteiger partial charge in [-0.3, -0.25) is 4.79 Å². The Bertz CT molecular complexity index is 736. The molecule has 20 heavy (non-hydrogen) atoms. The maximum atomic E-state index is 11.6. The van der Waals surface area contributed by atoms with Crippen LogP contribution in [-0.2, 0) is 4.79 Å². The number of benzene rings is 1. The van der Waals surface area contributed by atoms with Crippen LogP contribution in [0.25, 0.3) is 17.4 Å². The Morgan fingerprint density at radius 1 is 1.30 bits per heavy atom. The topological polar surface area (TPSA) is 42.2 Å². The summed E-state index contributed by atoms with van der Waals surface area (Å²) >= 11 is 12.1. The number of thioether (sulfide) groups is 1. The Balaban J connectivity index is 1.89. The van der Waals surface area contributed by atoms with Gasteiger partial charge in [0.15, 0.2) is 0 Å². The number of rotatable bonds is 2. The largest absolute Gasteiger partial charge is 0.457 e. The Morgan fingerprint density at radius 2 is 2.15 bits per heavy atom. The number of halogens is 1. The number of carbonyl (C=O) groups excluding carboxylic acids is 1. The molecule has 1 aromatic carbocycles. The van der Waals surface area contributed by atoms with E-state index in [2.05, 4.69) is 5.32 Å². The van der Waals surface area contributed by atoms with Gasteiger partial charge in [-0.2, -0.15) is 0 Å². The molecule has 0 unspecified atom stereocenters. The molecule has 1 aromatic heterocycles. The highest BCUT2D eigenvalue weighted by atomic mass is 35.5. The summed E-state index contributed by atoms with van der Waals surface area (Å²) in [4.78, 5) is 12.1. The average Bonchev–Trinajstić information content (AvgIpc) is 2.97. The zero-order valence-electron chi connectivity index (χ0n) is 10.1. The van der Waals surface area contributed by atoms with Crippen LogP contribution in [-0.4, -0.2) is 10.2 Å². The van der Waals surface area contributed by atoms with E-state index in [1.54, 1.807) is 18.2 Å². The molecule has 1 fully saturated rings. The van der Waals surface area contributed by atoms with Crippen LogP contribution in [0.15, 0.2) is 45.7 Å². The summed E-state index contributed by atoms with van der Waals surface area (Å²) in [6.45, 7) is 0. The summed E-state index contributed by atoms with van der Waals surface area (Å²) in [6, 6.07) is 11.0. The van der Waals surface area contributed by atoms with Crippen molar-refractivity contribution < 1.29 is 9.21 Å². The van der Waals surface area contributed by atoms with Crippen molar-refractivity contribution >= 4 is 51.9 Å². The van der Waals surface area contributed by atoms with Gasteiger partial charge in [-0.05, 0) is 24.3 Å². The first-order chi connectivity index (χ1) is 9.61. The van der Waals surface area contributed by atoms with Gasteiger partial charge in [0.05, 0.1) is 4.91 Å². The fourth-order valence-electron chi connectivity index (χ4n) is 1.78. The molecule has 0 spiro atoms. The third kappa shape index (κ3) is 2.80. The number of hydrogen-bond donors (Lipinski definition) is 1. The molecule has 0 atom stereocenters. The molecule has 3 nitrogen and oxygen atoms in total. The first-order valence-electron chi connectivity index (χ1n) is 5.72. The molecular formula is C14H8ClNO2S2. The van der Waals surface area contributed by atoms with Gasteiger partial charge in [-0.1, -0.05) is 47.7 Å². The molecule has 1 aliphatic heterocycles. The van der Waals surface area contributed by atoms with Gasteiger partial charge in [-0.25, -0.2) is 0 Å². The van der Waals surface area contributed by atoms with Crippen molar-refractivity contribution in [3.63, 3.8) is 0 Å². The van der Waals surface area contributed by atoms with Crippen LogP contribution < -0.4 is 5.32 Å². The van der Waals surface area contributed by atoms with E-state index < -0.39 is 0 Å². The second kappa shape index (κ2) is 5.44. The maximum Gasteiger partial charge on any atom is 0.263 e. The smallest absolute Gasteiger partial charge is 0.263 e. The van der Waals surface area contributed by atoms with Crippen molar-refractivity contribution in [2.75, 3.05) is 0 Å². The lowest BCUT2D eigenvalue weighted by Crippen LogP contribution is -2.17. The SMILES string of the molecule is O=C1NC(=S)S/C1=C\c1ccc(-c2cccc(Cl)c2)o1. The summed E-state index contributed by atoms with van der Waals surface area (Å²) in [6.07, 6.45) is 1.67. The van der Waals surface area contributed by atoms with Crippen LogP contribution in [0.4, 0.5) is 0 Å². The molecule has 0 aliphatic carbocycles. The molecule has 100 valence electrons. The minimum absolute atomic E-state index is 0.194. The fraction of sp³-hybridized carbons (Fsp3) is 0. The highest BCUT2D eigenvalue weighted by molar-refractivity contribution is 8.26. The molecule has 1 N–H and O–H groups in total. The van der Waals surface area contributed by atoms with E-state index in [1.165, 1.54) is 11.8 Å². The standard InChI is InChI=1S/C14H8ClNO2S2/c15-9-3-1-2-8(6-9)11-5-4-10(18-11)7-12-13(17)16-14(19)20-12/h1-7H,(H,16,17,19)/b12-7-. The van der Waals surface area contributed by atoms with E-state index in [-0.39, 0.29) is 5.91 Å². The van der Waals surface area contributed by atoms with Crippen molar-refractivity contribution in [1.82, 2.24) is 5.32 Å².